The number of rotatable bonds is 2. The van der Waals surface area contributed by atoms with Crippen LogP contribution in [0.2, 0.25) is 0 Å². The molecular weight excluding hydrogens is 270 g/mol. The second-order valence-corrected chi connectivity index (χ2v) is 5.67. The van der Waals surface area contributed by atoms with E-state index in [1.807, 2.05) is 13.8 Å². The molecule has 1 N–H and O–H groups in total. The zero-order valence-corrected chi connectivity index (χ0v) is 13.3. The molecule has 6 nitrogen and oxygen atoms in total. The van der Waals surface area contributed by atoms with Crippen molar-refractivity contribution in [3.05, 3.63) is 22.6 Å². The SMILES string of the molecule is Cc1oc(C)c(C(=O)N2CCNCC2C(=O)N(C)C)c1C. The fourth-order valence-electron chi connectivity index (χ4n) is 2.72. The molecule has 0 radical (unpaired) electrons. The van der Waals surface area contributed by atoms with Gasteiger partial charge in [-0.1, -0.05) is 0 Å². The number of aryl methyl sites for hydroxylation is 2. The lowest BCUT2D eigenvalue weighted by Crippen LogP contribution is -2.59. The quantitative estimate of drug-likeness (QED) is 0.872. The molecule has 2 heterocycles. The molecule has 1 atom stereocenters. The van der Waals surface area contributed by atoms with Gasteiger partial charge in [-0.15, -0.1) is 0 Å². The summed E-state index contributed by atoms with van der Waals surface area (Å²) in [6.45, 7) is 7.21. The number of likely N-dealkylation sites (N-methyl/N-ethyl adjacent to an activating group) is 1. The van der Waals surface area contributed by atoms with Gasteiger partial charge in [-0.25, -0.2) is 0 Å². The lowest BCUT2D eigenvalue weighted by Gasteiger charge is -2.36. The number of piperazine rings is 1. The molecule has 0 saturated carbocycles. The molecule has 0 aromatic carbocycles. The average molecular weight is 293 g/mol. The molecule has 1 aliphatic heterocycles. The normalized spacial score (nSPS) is 18.7. The van der Waals surface area contributed by atoms with Crippen LogP contribution in [0.25, 0.3) is 0 Å². The molecular formula is C15H23N3O3. The Hall–Kier alpha value is -1.82. The third-order valence-electron chi connectivity index (χ3n) is 4.01. The van der Waals surface area contributed by atoms with Gasteiger partial charge >= 0.3 is 0 Å². The van der Waals surface area contributed by atoms with Gasteiger partial charge in [0.1, 0.15) is 17.6 Å². The summed E-state index contributed by atoms with van der Waals surface area (Å²) >= 11 is 0. The standard InChI is InChI=1S/C15H23N3O3/c1-9-10(2)21-11(3)13(9)15(20)18-7-6-16-8-12(18)14(19)17(4)5/h12,16H,6-8H2,1-5H3. The number of hydrogen-bond donors (Lipinski definition) is 1. The molecule has 6 heteroatoms. The molecule has 1 aromatic heterocycles. The smallest absolute Gasteiger partial charge is 0.258 e. The molecule has 0 spiro atoms. The summed E-state index contributed by atoms with van der Waals surface area (Å²) in [5.41, 5.74) is 1.44. The summed E-state index contributed by atoms with van der Waals surface area (Å²) < 4.78 is 5.54. The number of hydrogen-bond acceptors (Lipinski definition) is 4. The number of amides is 2. The maximum Gasteiger partial charge on any atom is 0.258 e. The number of nitrogens with zero attached hydrogens (tertiary/aromatic N) is 2. The highest BCUT2D eigenvalue weighted by Gasteiger charge is 2.35. The zero-order chi connectivity index (χ0) is 15.7. The Labute approximate surface area is 125 Å². The van der Waals surface area contributed by atoms with Crippen molar-refractivity contribution in [3.8, 4) is 0 Å². The minimum absolute atomic E-state index is 0.0638. The largest absolute Gasteiger partial charge is 0.466 e. The van der Waals surface area contributed by atoms with Crippen LogP contribution in [0.1, 0.15) is 27.4 Å². The monoisotopic (exact) mass is 293 g/mol. The Balaban J connectivity index is 2.33. The Kier molecular flexibility index (Phi) is 4.37. The second kappa shape index (κ2) is 5.89. The molecule has 2 amide bonds. The third-order valence-corrected chi connectivity index (χ3v) is 4.01. The molecule has 116 valence electrons. The van der Waals surface area contributed by atoms with Crippen molar-refractivity contribution >= 4 is 11.8 Å². The van der Waals surface area contributed by atoms with E-state index in [9.17, 15) is 9.59 Å². The molecule has 21 heavy (non-hydrogen) atoms. The lowest BCUT2D eigenvalue weighted by atomic mass is 10.1. The molecule has 0 bridgehead atoms. The summed E-state index contributed by atoms with van der Waals surface area (Å²) in [7, 11) is 3.41. The number of carbonyl (C=O) groups is 2. The van der Waals surface area contributed by atoms with Gasteiger partial charge in [-0.2, -0.15) is 0 Å². The Bertz CT molecular complexity index is 563. The fourth-order valence-corrected chi connectivity index (χ4v) is 2.72. The minimum Gasteiger partial charge on any atom is -0.466 e. The molecule has 1 fully saturated rings. The number of carbonyl (C=O) groups excluding carboxylic acids is 2. The molecule has 1 saturated heterocycles. The molecule has 1 aliphatic rings. The second-order valence-electron chi connectivity index (χ2n) is 5.67. The predicted molar refractivity (Wildman–Crippen MR) is 79.3 cm³/mol. The molecule has 0 aliphatic carbocycles. The van der Waals surface area contributed by atoms with Crippen LogP contribution in [0.15, 0.2) is 4.42 Å². The van der Waals surface area contributed by atoms with E-state index in [0.29, 0.717) is 31.0 Å². The van der Waals surface area contributed by atoms with Crippen LogP contribution in [0.5, 0.6) is 0 Å². The van der Waals surface area contributed by atoms with E-state index in [2.05, 4.69) is 5.32 Å². The highest BCUT2D eigenvalue weighted by Crippen LogP contribution is 2.23. The van der Waals surface area contributed by atoms with Gasteiger partial charge in [-0.05, 0) is 20.8 Å². The van der Waals surface area contributed by atoms with Gasteiger partial charge in [0.25, 0.3) is 5.91 Å². The van der Waals surface area contributed by atoms with Crippen molar-refractivity contribution in [3.63, 3.8) is 0 Å². The minimum atomic E-state index is -0.463. The van der Waals surface area contributed by atoms with Crippen LogP contribution in [-0.4, -0.2) is 61.4 Å². The van der Waals surface area contributed by atoms with E-state index >= 15 is 0 Å². The van der Waals surface area contributed by atoms with Crippen molar-refractivity contribution in [2.75, 3.05) is 33.7 Å². The first kappa shape index (κ1) is 15.6. The summed E-state index contributed by atoms with van der Waals surface area (Å²) in [4.78, 5) is 28.3. The van der Waals surface area contributed by atoms with E-state index < -0.39 is 6.04 Å². The van der Waals surface area contributed by atoms with Gasteiger partial charge in [0.05, 0.1) is 5.56 Å². The van der Waals surface area contributed by atoms with E-state index in [-0.39, 0.29) is 11.8 Å². The first-order valence-corrected chi connectivity index (χ1v) is 7.14. The van der Waals surface area contributed by atoms with Crippen molar-refractivity contribution < 1.29 is 14.0 Å². The average Bonchev–Trinajstić information content (AvgIpc) is 2.70. The van der Waals surface area contributed by atoms with Crippen molar-refractivity contribution in [2.24, 2.45) is 0 Å². The summed E-state index contributed by atoms with van der Waals surface area (Å²) in [6, 6.07) is -0.463. The van der Waals surface area contributed by atoms with E-state index in [0.717, 1.165) is 11.3 Å². The summed E-state index contributed by atoms with van der Waals surface area (Å²) in [5, 5.41) is 3.18. The highest BCUT2D eigenvalue weighted by molar-refractivity contribution is 5.99. The third kappa shape index (κ3) is 2.81. The first-order valence-electron chi connectivity index (χ1n) is 7.14. The first-order chi connectivity index (χ1) is 9.84. The van der Waals surface area contributed by atoms with E-state index in [1.165, 1.54) is 4.90 Å². The Morgan fingerprint density at radius 3 is 2.43 bits per heavy atom. The molecule has 1 unspecified atom stereocenters. The molecule has 2 rings (SSSR count). The molecule has 1 aromatic rings. The van der Waals surface area contributed by atoms with Crippen molar-refractivity contribution in [2.45, 2.75) is 26.8 Å². The van der Waals surface area contributed by atoms with Crippen LogP contribution < -0.4 is 5.32 Å². The Morgan fingerprint density at radius 1 is 1.24 bits per heavy atom. The van der Waals surface area contributed by atoms with E-state index in [1.54, 1.807) is 25.9 Å². The summed E-state index contributed by atoms with van der Waals surface area (Å²) in [5.74, 6) is 1.18. The highest BCUT2D eigenvalue weighted by atomic mass is 16.3. The van der Waals surface area contributed by atoms with Gasteiger partial charge in [0, 0.05) is 39.3 Å². The van der Waals surface area contributed by atoms with Gasteiger partial charge in [0.15, 0.2) is 0 Å². The summed E-state index contributed by atoms with van der Waals surface area (Å²) in [6.07, 6.45) is 0. The van der Waals surface area contributed by atoms with Crippen LogP contribution >= 0.6 is 0 Å². The van der Waals surface area contributed by atoms with Gasteiger partial charge in [-0.3, -0.25) is 9.59 Å². The lowest BCUT2D eigenvalue weighted by molar-refractivity contribution is -0.134. The van der Waals surface area contributed by atoms with Gasteiger partial charge < -0.3 is 19.5 Å². The number of furan rings is 1. The van der Waals surface area contributed by atoms with Gasteiger partial charge in [0.2, 0.25) is 5.91 Å². The number of nitrogens with one attached hydrogen (secondary N) is 1. The Morgan fingerprint density at radius 2 is 1.90 bits per heavy atom. The van der Waals surface area contributed by atoms with Crippen molar-refractivity contribution in [1.82, 2.24) is 15.1 Å². The predicted octanol–water partition coefficient (Wildman–Crippen LogP) is 0.707. The van der Waals surface area contributed by atoms with Crippen LogP contribution in [-0.2, 0) is 4.79 Å². The topological polar surface area (TPSA) is 65.8 Å². The van der Waals surface area contributed by atoms with Crippen LogP contribution in [0, 0.1) is 20.8 Å². The van der Waals surface area contributed by atoms with Crippen molar-refractivity contribution in [1.29, 1.82) is 0 Å². The maximum atomic E-state index is 12.9. The fraction of sp³-hybridized carbons (Fsp3) is 0.600. The van der Waals surface area contributed by atoms with E-state index in [4.69, 9.17) is 4.42 Å². The van der Waals surface area contributed by atoms with Crippen LogP contribution in [0.3, 0.4) is 0 Å². The van der Waals surface area contributed by atoms with Crippen LogP contribution in [0.4, 0.5) is 0 Å². The zero-order valence-electron chi connectivity index (χ0n) is 13.3. The maximum absolute atomic E-state index is 12.9.